The molecule has 0 spiro atoms. The fourth-order valence-corrected chi connectivity index (χ4v) is 1.97. The molecule has 0 saturated carbocycles. The Balaban J connectivity index is 2.02. The van der Waals surface area contributed by atoms with Crippen LogP contribution in [-0.4, -0.2) is 18.0 Å². The zero-order valence-electron chi connectivity index (χ0n) is 11.4. The van der Waals surface area contributed by atoms with Gasteiger partial charge in [0.05, 0.1) is 7.11 Å². The van der Waals surface area contributed by atoms with E-state index >= 15 is 0 Å². The Morgan fingerprint density at radius 3 is 2.80 bits per heavy atom. The quantitative estimate of drug-likeness (QED) is 0.850. The molecule has 0 saturated heterocycles. The van der Waals surface area contributed by atoms with E-state index in [-0.39, 0.29) is 5.91 Å². The number of ether oxygens (including phenoxy) is 1. The highest BCUT2D eigenvalue weighted by Gasteiger charge is 2.09. The summed E-state index contributed by atoms with van der Waals surface area (Å²) in [7, 11) is 1.57. The zero-order valence-corrected chi connectivity index (χ0v) is 12.3. The van der Waals surface area contributed by atoms with Crippen LogP contribution in [0, 0.1) is 6.92 Å². The van der Waals surface area contributed by atoms with Crippen LogP contribution < -0.4 is 10.1 Å². The first-order chi connectivity index (χ1) is 9.60. The van der Waals surface area contributed by atoms with Gasteiger partial charge in [0.15, 0.2) is 0 Å². The van der Waals surface area contributed by atoms with Crippen molar-refractivity contribution in [3.63, 3.8) is 0 Å². The summed E-state index contributed by atoms with van der Waals surface area (Å²) in [6.45, 7) is 2.32. The Morgan fingerprint density at radius 1 is 1.35 bits per heavy atom. The van der Waals surface area contributed by atoms with Crippen LogP contribution >= 0.6 is 12.6 Å². The Morgan fingerprint density at radius 2 is 2.15 bits per heavy atom. The molecule has 0 atom stereocenters. The maximum atomic E-state index is 12.1. The Bertz CT molecular complexity index is 612. The van der Waals surface area contributed by atoms with Crippen LogP contribution in [-0.2, 0) is 6.54 Å². The third kappa shape index (κ3) is 3.51. The van der Waals surface area contributed by atoms with Crippen LogP contribution in [0.5, 0.6) is 5.88 Å². The average molecular weight is 288 g/mol. The van der Waals surface area contributed by atoms with Gasteiger partial charge in [-0.15, -0.1) is 12.6 Å². The molecular weight excluding hydrogens is 272 g/mol. The summed E-state index contributed by atoms with van der Waals surface area (Å²) in [6.07, 6.45) is 1.68. The number of nitrogens with one attached hydrogen (secondary N) is 1. The summed E-state index contributed by atoms with van der Waals surface area (Å²) in [5.74, 6) is 0.438. The van der Waals surface area contributed by atoms with Crippen LogP contribution in [0.25, 0.3) is 0 Å². The second-order valence-corrected chi connectivity index (χ2v) is 4.91. The largest absolute Gasteiger partial charge is 0.481 e. The minimum absolute atomic E-state index is 0.116. The monoisotopic (exact) mass is 288 g/mol. The Hall–Kier alpha value is -2.01. The van der Waals surface area contributed by atoms with Crippen LogP contribution in [0.15, 0.2) is 41.4 Å². The molecule has 5 heteroatoms. The zero-order chi connectivity index (χ0) is 14.5. The van der Waals surface area contributed by atoms with Gasteiger partial charge >= 0.3 is 0 Å². The number of benzene rings is 1. The van der Waals surface area contributed by atoms with E-state index in [1.807, 2.05) is 25.1 Å². The number of hydrogen-bond acceptors (Lipinski definition) is 4. The van der Waals surface area contributed by atoms with Gasteiger partial charge in [0, 0.05) is 29.3 Å². The number of carbonyl (C=O) groups excluding carboxylic acids is 1. The van der Waals surface area contributed by atoms with Crippen LogP contribution in [0.4, 0.5) is 0 Å². The van der Waals surface area contributed by atoms with E-state index in [4.69, 9.17) is 4.74 Å². The lowest BCUT2D eigenvalue weighted by atomic mass is 10.1. The van der Waals surface area contributed by atoms with E-state index in [2.05, 4.69) is 22.9 Å². The molecule has 0 fully saturated rings. The van der Waals surface area contributed by atoms with Crippen LogP contribution in [0.3, 0.4) is 0 Å². The molecule has 1 aromatic heterocycles. The highest BCUT2D eigenvalue weighted by molar-refractivity contribution is 7.80. The second-order valence-electron chi connectivity index (χ2n) is 4.39. The Kier molecular flexibility index (Phi) is 4.63. The fourth-order valence-electron chi connectivity index (χ4n) is 1.77. The number of aryl methyl sites for hydroxylation is 1. The van der Waals surface area contributed by atoms with Crippen molar-refractivity contribution in [2.75, 3.05) is 7.11 Å². The van der Waals surface area contributed by atoms with E-state index in [1.54, 1.807) is 25.4 Å². The third-order valence-electron chi connectivity index (χ3n) is 2.93. The summed E-state index contributed by atoms with van der Waals surface area (Å²) in [5.41, 5.74) is 2.48. The number of carbonyl (C=O) groups is 1. The predicted octanol–water partition coefficient (Wildman–Crippen LogP) is 2.62. The number of hydrogen-bond donors (Lipinski definition) is 2. The molecule has 0 aliphatic rings. The van der Waals surface area contributed by atoms with E-state index in [9.17, 15) is 4.79 Å². The Labute approximate surface area is 123 Å². The van der Waals surface area contributed by atoms with Crippen molar-refractivity contribution in [3.8, 4) is 5.88 Å². The van der Waals surface area contributed by atoms with Gasteiger partial charge in [-0.3, -0.25) is 4.79 Å². The van der Waals surface area contributed by atoms with Gasteiger partial charge in [-0.2, -0.15) is 0 Å². The highest BCUT2D eigenvalue weighted by Crippen LogP contribution is 2.14. The van der Waals surface area contributed by atoms with E-state index < -0.39 is 0 Å². The van der Waals surface area contributed by atoms with Crippen LogP contribution in [0.2, 0.25) is 0 Å². The first kappa shape index (κ1) is 14.4. The standard InChI is InChI=1S/C15H16N2O2S/c1-10-3-5-12(20)7-13(10)15(18)17-9-11-4-6-14(19-2)16-8-11/h3-8,20H,9H2,1-2H3,(H,17,18). The van der Waals surface area contributed by atoms with E-state index in [0.717, 1.165) is 16.0 Å². The number of thiol groups is 1. The molecule has 0 aliphatic heterocycles. The normalized spacial score (nSPS) is 10.2. The summed E-state index contributed by atoms with van der Waals surface area (Å²) >= 11 is 4.25. The number of amides is 1. The molecule has 0 aliphatic carbocycles. The lowest BCUT2D eigenvalue weighted by molar-refractivity contribution is 0.0950. The van der Waals surface area contributed by atoms with Crippen molar-refractivity contribution in [2.24, 2.45) is 0 Å². The van der Waals surface area contributed by atoms with Gasteiger partial charge in [0.1, 0.15) is 0 Å². The molecule has 0 bridgehead atoms. The molecule has 20 heavy (non-hydrogen) atoms. The molecule has 104 valence electrons. The lowest BCUT2D eigenvalue weighted by Gasteiger charge is -2.08. The summed E-state index contributed by atoms with van der Waals surface area (Å²) < 4.78 is 4.99. The minimum Gasteiger partial charge on any atom is -0.481 e. The van der Waals surface area contributed by atoms with Crippen LogP contribution in [0.1, 0.15) is 21.5 Å². The molecular formula is C15H16N2O2S. The van der Waals surface area contributed by atoms with Crippen molar-refractivity contribution in [1.29, 1.82) is 0 Å². The molecule has 1 amide bonds. The molecule has 1 N–H and O–H groups in total. The summed E-state index contributed by atoms with van der Waals surface area (Å²) in [4.78, 5) is 17.0. The van der Waals surface area contributed by atoms with Gasteiger partial charge in [0.2, 0.25) is 5.88 Å². The van der Waals surface area contributed by atoms with E-state index in [0.29, 0.717) is 18.0 Å². The number of rotatable bonds is 4. The molecule has 0 unspecified atom stereocenters. The maximum absolute atomic E-state index is 12.1. The van der Waals surface area contributed by atoms with E-state index in [1.165, 1.54) is 0 Å². The number of pyridine rings is 1. The van der Waals surface area contributed by atoms with Crippen molar-refractivity contribution in [3.05, 3.63) is 53.2 Å². The number of aromatic nitrogens is 1. The average Bonchev–Trinajstić information content (AvgIpc) is 2.47. The molecule has 2 rings (SSSR count). The van der Waals surface area contributed by atoms with Gasteiger partial charge in [0.25, 0.3) is 5.91 Å². The number of methoxy groups -OCH3 is 1. The SMILES string of the molecule is COc1ccc(CNC(=O)c2cc(S)ccc2C)cn1. The smallest absolute Gasteiger partial charge is 0.251 e. The molecule has 1 aromatic carbocycles. The van der Waals surface area contributed by atoms with Crippen molar-refractivity contribution >= 4 is 18.5 Å². The minimum atomic E-state index is -0.116. The van der Waals surface area contributed by atoms with Crippen molar-refractivity contribution in [1.82, 2.24) is 10.3 Å². The van der Waals surface area contributed by atoms with Gasteiger partial charge in [-0.05, 0) is 30.2 Å². The van der Waals surface area contributed by atoms with Gasteiger partial charge in [-0.25, -0.2) is 4.98 Å². The van der Waals surface area contributed by atoms with Gasteiger partial charge < -0.3 is 10.1 Å². The van der Waals surface area contributed by atoms with Gasteiger partial charge in [-0.1, -0.05) is 12.1 Å². The topological polar surface area (TPSA) is 51.2 Å². The second kappa shape index (κ2) is 6.43. The third-order valence-corrected chi connectivity index (χ3v) is 3.20. The number of nitrogens with zero attached hydrogens (tertiary/aromatic N) is 1. The summed E-state index contributed by atoms with van der Waals surface area (Å²) in [5, 5.41) is 2.87. The lowest BCUT2D eigenvalue weighted by Crippen LogP contribution is -2.23. The molecule has 1 heterocycles. The predicted molar refractivity (Wildman–Crippen MR) is 80.4 cm³/mol. The van der Waals surface area contributed by atoms with Crippen molar-refractivity contribution in [2.45, 2.75) is 18.4 Å². The van der Waals surface area contributed by atoms with Crippen molar-refractivity contribution < 1.29 is 9.53 Å². The first-order valence-corrected chi connectivity index (χ1v) is 6.61. The first-order valence-electron chi connectivity index (χ1n) is 6.17. The summed E-state index contributed by atoms with van der Waals surface area (Å²) in [6, 6.07) is 9.14. The molecule has 0 radical (unpaired) electrons. The fraction of sp³-hybridized carbons (Fsp3) is 0.200. The molecule has 2 aromatic rings. The molecule has 4 nitrogen and oxygen atoms in total. The highest BCUT2D eigenvalue weighted by atomic mass is 32.1. The maximum Gasteiger partial charge on any atom is 0.251 e.